The number of amides is 1. The summed E-state index contributed by atoms with van der Waals surface area (Å²) in [5.41, 5.74) is 0.957. The smallest absolute Gasteiger partial charge is 0.246 e. The van der Waals surface area contributed by atoms with Crippen LogP contribution in [0.5, 0.6) is 5.75 Å². The fourth-order valence-corrected chi connectivity index (χ4v) is 6.02. The summed E-state index contributed by atoms with van der Waals surface area (Å²) in [4.78, 5) is 15.2. The maximum Gasteiger partial charge on any atom is 0.246 e. The zero-order valence-corrected chi connectivity index (χ0v) is 18.7. The van der Waals surface area contributed by atoms with Crippen LogP contribution in [0.25, 0.3) is 0 Å². The van der Waals surface area contributed by atoms with E-state index in [1.54, 1.807) is 12.1 Å². The lowest BCUT2D eigenvalue weighted by Crippen LogP contribution is -2.47. The Morgan fingerprint density at radius 3 is 2.38 bits per heavy atom. The first-order valence-corrected chi connectivity index (χ1v) is 12.3. The SMILES string of the molecule is COc1ccc(C(C)C)cc1S(=O)(=O)N1CCC[C@@H](C(=O)N2CCCCCC2)C1. The molecule has 6 nitrogen and oxygen atoms in total. The first-order valence-electron chi connectivity index (χ1n) is 10.8. The topological polar surface area (TPSA) is 66.9 Å². The summed E-state index contributed by atoms with van der Waals surface area (Å²) in [7, 11) is -2.24. The maximum absolute atomic E-state index is 13.5. The van der Waals surface area contributed by atoms with Gasteiger partial charge in [0.25, 0.3) is 0 Å². The highest BCUT2D eigenvalue weighted by atomic mass is 32.2. The molecule has 0 saturated carbocycles. The molecule has 0 aliphatic carbocycles. The normalized spacial score (nSPS) is 21.8. The zero-order valence-electron chi connectivity index (χ0n) is 17.9. The van der Waals surface area contributed by atoms with Gasteiger partial charge in [0.2, 0.25) is 15.9 Å². The van der Waals surface area contributed by atoms with Crippen molar-refractivity contribution in [2.75, 3.05) is 33.3 Å². The van der Waals surface area contributed by atoms with Gasteiger partial charge in [-0.25, -0.2) is 8.42 Å². The van der Waals surface area contributed by atoms with Crippen LogP contribution in [0.1, 0.15) is 63.9 Å². The Morgan fingerprint density at radius 1 is 1.07 bits per heavy atom. The van der Waals surface area contributed by atoms with Crippen molar-refractivity contribution in [1.29, 1.82) is 0 Å². The number of rotatable bonds is 5. The second kappa shape index (κ2) is 9.47. The first kappa shape index (κ1) is 22.1. The molecule has 0 radical (unpaired) electrons. The highest BCUT2D eigenvalue weighted by Crippen LogP contribution is 2.33. The van der Waals surface area contributed by atoms with Crippen molar-refractivity contribution in [3.63, 3.8) is 0 Å². The molecule has 0 bridgehead atoms. The van der Waals surface area contributed by atoms with Gasteiger partial charge in [0.1, 0.15) is 10.6 Å². The lowest BCUT2D eigenvalue weighted by Gasteiger charge is -2.34. The summed E-state index contributed by atoms with van der Waals surface area (Å²) in [6.45, 7) is 6.37. The largest absolute Gasteiger partial charge is 0.495 e. The van der Waals surface area contributed by atoms with Crippen molar-refractivity contribution in [3.8, 4) is 5.75 Å². The number of carbonyl (C=O) groups is 1. The van der Waals surface area contributed by atoms with Gasteiger partial charge in [0.15, 0.2) is 0 Å². The van der Waals surface area contributed by atoms with Crippen LogP contribution in [0, 0.1) is 5.92 Å². The molecule has 0 unspecified atom stereocenters. The van der Waals surface area contributed by atoms with Gasteiger partial charge in [-0.05, 0) is 49.3 Å². The van der Waals surface area contributed by atoms with Gasteiger partial charge >= 0.3 is 0 Å². The van der Waals surface area contributed by atoms with E-state index in [4.69, 9.17) is 4.74 Å². The molecule has 1 amide bonds. The van der Waals surface area contributed by atoms with Crippen molar-refractivity contribution in [1.82, 2.24) is 9.21 Å². The molecule has 3 rings (SSSR count). The fraction of sp³-hybridized carbons (Fsp3) is 0.682. The fourth-order valence-electron chi connectivity index (χ4n) is 4.30. The quantitative estimate of drug-likeness (QED) is 0.727. The molecule has 1 aromatic rings. The van der Waals surface area contributed by atoms with Gasteiger partial charge in [-0.3, -0.25) is 4.79 Å². The van der Waals surface area contributed by atoms with E-state index in [0.29, 0.717) is 18.7 Å². The zero-order chi connectivity index (χ0) is 21.0. The Bertz CT molecular complexity index is 814. The second-order valence-electron chi connectivity index (χ2n) is 8.51. The number of hydrogen-bond acceptors (Lipinski definition) is 4. The number of methoxy groups -OCH3 is 1. The monoisotopic (exact) mass is 422 g/mol. The van der Waals surface area contributed by atoms with Crippen LogP contribution in [-0.2, 0) is 14.8 Å². The van der Waals surface area contributed by atoms with Crippen molar-refractivity contribution in [2.45, 2.75) is 63.2 Å². The average molecular weight is 423 g/mol. The predicted molar refractivity (Wildman–Crippen MR) is 114 cm³/mol. The summed E-state index contributed by atoms with van der Waals surface area (Å²) in [5.74, 6) is 0.439. The third kappa shape index (κ3) is 4.94. The van der Waals surface area contributed by atoms with E-state index < -0.39 is 10.0 Å². The average Bonchev–Trinajstić information content (AvgIpc) is 3.02. The van der Waals surface area contributed by atoms with Crippen molar-refractivity contribution >= 4 is 15.9 Å². The van der Waals surface area contributed by atoms with Gasteiger partial charge in [-0.2, -0.15) is 4.31 Å². The molecule has 2 aliphatic heterocycles. The molecule has 162 valence electrons. The van der Waals surface area contributed by atoms with E-state index in [9.17, 15) is 13.2 Å². The van der Waals surface area contributed by atoms with Gasteiger partial charge in [-0.15, -0.1) is 0 Å². The standard InChI is InChI=1S/C22H34N2O4S/c1-17(2)18-10-11-20(28-3)21(15-18)29(26,27)24-14-8-9-19(16-24)22(25)23-12-6-4-5-7-13-23/h10-11,15,17,19H,4-9,12-14,16H2,1-3H3/t19-/m1/s1. The first-order chi connectivity index (χ1) is 13.8. The van der Waals surface area contributed by atoms with Gasteiger partial charge in [0.05, 0.1) is 13.0 Å². The van der Waals surface area contributed by atoms with E-state index in [1.807, 2.05) is 24.8 Å². The molecule has 2 aliphatic rings. The van der Waals surface area contributed by atoms with E-state index in [-0.39, 0.29) is 29.2 Å². The van der Waals surface area contributed by atoms with Crippen LogP contribution in [0.2, 0.25) is 0 Å². The molecule has 0 N–H and O–H groups in total. The minimum Gasteiger partial charge on any atom is -0.495 e. The van der Waals surface area contributed by atoms with Crippen molar-refractivity contribution in [3.05, 3.63) is 23.8 Å². The molecule has 1 atom stereocenters. The molecule has 2 fully saturated rings. The Morgan fingerprint density at radius 2 is 1.76 bits per heavy atom. The molecule has 2 heterocycles. The number of sulfonamides is 1. The molecule has 1 aromatic carbocycles. The van der Waals surface area contributed by atoms with Gasteiger partial charge in [0, 0.05) is 26.2 Å². The van der Waals surface area contributed by atoms with Crippen LogP contribution in [0.15, 0.2) is 23.1 Å². The van der Waals surface area contributed by atoms with Crippen LogP contribution in [0.4, 0.5) is 0 Å². The van der Waals surface area contributed by atoms with Crippen molar-refractivity contribution < 1.29 is 17.9 Å². The number of ether oxygens (including phenoxy) is 1. The Hall–Kier alpha value is -1.60. The minimum atomic E-state index is -3.73. The van der Waals surface area contributed by atoms with E-state index in [1.165, 1.54) is 24.3 Å². The Labute approximate surface area is 175 Å². The maximum atomic E-state index is 13.5. The third-order valence-corrected chi connectivity index (χ3v) is 8.01. The summed E-state index contributed by atoms with van der Waals surface area (Å²) < 4.78 is 33.8. The highest BCUT2D eigenvalue weighted by Gasteiger charge is 2.36. The van der Waals surface area contributed by atoms with Crippen LogP contribution < -0.4 is 4.74 Å². The second-order valence-corrected chi connectivity index (χ2v) is 10.4. The number of benzene rings is 1. The molecule has 29 heavy (non-hydrogen) atoms. The number of nitrogens with zero attached hydrogens (tertiary/aromatic N) is 2. The summed E-state index contributed by atoms with van der Waals surface area (Å²) in [6.07, 6.45) is 5.88. The Balaban J connectivity index is 1.82. The Kier molecular flexibility index (Phi) is 7.22. The van der Waals surface area contributed by atoms with Gasteiger partial charge in [-0.1, -0.05) is 32.8 Å². The van der Waals surface area contributed by atoms with E-state index in [0.717, 1.165) is 37.9 Å². The van der Waals surface area contributed by atoms with Crippen LogP contribution in [-0.4, -0.2) is 56.8 Å². The number of piperidine rings is 1. The number of carbonyl (C=O) groups excluding carboxylic acids is 1. The molecule has 2 saturated heterocycles. The van der Waals surface area contributed by atoms with Crippen molar-refractivity contribution in [2.24, 2.45) is 5.92 Å². The summed E-state index contributed by atoms with van der Waals surface area (Å²) >= 11 is 0. The summed E-state index contributed by atoms with van der Waals surface area (Å²) in [5, 5.41) is 0. The lowest BCUT2D eigenvalue weighted by molar-refractivity contribution is -0.136. The predicted octanol–water partition coefficient (Wildman–Crippen LogP) is 3.62. The molecule has 0 spiro atoms. The number of hydrogen-bond donors (Lipinski definition) is 0. The number of likely N-dealkylation sites (tertiary alicyclic amines) is 1. The molecule has 0 aromatic heterocycles. The molecular weight excluding hydrogens is 388 g/mol. The molecule has 7 heteroatoms. The lowest BCUT2D eigenvalue weighted by atomic mass is 9.98. The van der Waals surface area contributed by atoms with E-state index in [2.05, 4.69) is 0 Å². The molecular formula is C22H34N2O4S. The van der Waals surface area contributed by atoms with Crippen LogP contribution >= 0.6 is 0 Å². The summed E-state index contributed by atoms with van der Waals surface area (Å²) in [6, 6.07) is 5.36. The highest BCUT2D eigenvalue weighted by molar-refractivity contribution is 7.89. The van der Waals surface area contributed by atoms with Gasteiger partial charge < -0.3 is 9.64 Å². The minimum absolute atomic E-state index is 0.120. The van der Waals surface area contributed by atoms with Crippen LogP contribution in [0.3, 0.4) is 0 Å². The van der Waals surface area contributed by atoms with E-state index >= 15 is 0 Å². The third-order valence-electron chi connectivity index (χ3n) is 6.12.